The first-order valence-corrected chi connectivity index (χ1v) is 6.90. The first kappa shape index (κ1) is 14.0. The van der Waals surface area contributed by atoms with Gasteiger partial charge >= 0.3 is 0 Å². The Balaban J connectivity index is 2.21. The summed E-state index contributed by atoms with van der Waals surface area (Å²) in [5.41, 5.74) is 0. The summed E-state index contributed by atoms with van der Waals surface area (Å²) in [5, 5.41) is 3.74. The maximum absolute atomic E-state index is 5.86. The summed E-state index contributed by atoms with van der Waals surface area (Å²) >= 11 is 0. The molecule has 0 aliphatic heterocycles. The van der Waals surface area contributed by atoms with Gasteiger partial charge in [0.1, 0.15) is 0 Å². The zero-order chi connectivity index (χ0) is 12.1. The zero-order valence-electron chi connectivity index (χ0n) is 11.6. The van der Waals surface area contributed by atoms with Crippen molar-refractivity contribution in [2.75, 3.05) is 0 Å². The summed E-state index contributed by atoms with van der Waals surface area (Å²) in [6.07, 6.45) is 5.88. The molecule has 2 nitrogen and oxygen atoms in total. The van der Waals surface area contributed by atoms with Crippen LogP contribution in [0, 0.1) is 5.92 Å². The van der Waals surface area contributed by atoms with E-state index in [9.17, 15) is 0 Å². The van der Waals surface area contributed by atoms with E-state index in [2.05, 4.69) is 39.9 Å². The number of ether oxygens (including phenoxy) is 1. The molecule has 0 radical (unpaired) electrons. The van der Waals surface area contributed by atoms with Gasteiger partial charge in [0.2, 0.25) is 0 Å². The molecular weight excluding hydrogens is 198 g/mol. The van der Waals surface area contributed by atoms with Gasteiger partial charge in [-0.3, -0.25) is 0 Å². The molecule has 16 heavy (non-hydrogen) atoms. The maximum Gasteiger partial charge on any atom is 0.0579 e. The van der Waals surface area contributed by atoms with Gasteiger partial charge in [-0.2, -0.15) is 0 Å². The molecule has 1 aliphatic carbocycles. The zero-order valence-corrected chi connectivity index (χ0v) is 11.6. The van der Waals surface area contributed by atoms with Gasteiger partial charge in [-0.05, 0) is 52.4 Å². The van der Waals surface area contributed by atoms with Crippen molar-refractivity contribution >= 4 is 0 Å². The summed E-state index contributed by atoms with van der Waals surface area (Å²) in [5.74, 6) is 0.727. The molecule has 0 aromatic rings. The van der Waals surface area contributed by atoms with E-state index < -0.39 is 0 Å². The van der Waals surface area contributed by atoms with Crippen LogP contribution in [-0.2, 0) is 4.74 Å². The largest absolute Gasteiger partial charge is 0.376 e. The van der Waals surface area contributed by atoms with Crippen LogP contribution in [-0.4, -0.2) is 24.3 Å². The van der Waals surface area contributed by atoms with Gasteiger partial charge in [-0.1, -0.05) is 13.8 Å². The molecule has 0 spiro atoms. The van der Waals surface area contributed by atoms with Crippen LogP contribution in [0.5, 0.6) is 0 Å². The highest BCUT2D eigenvalue weighted by molar-refractivity contribution is 4.80. The van der Waals surface area contributed by atoms with Crippen LogP contribution in [0.3, 0.4) is 0 Å². The molecule has 1 aliphatic rings. The molecule has 0 amide bonds. The summed E-state index contributed by atoms with van der Waals surface area (Å²) in [6.45, 7) is 11.1. The molecule has 0 aromatic carbocycles. The smallest absolute Gasteiger partial charge is 0.0579 e. The van der Waals surface area contributed by atoms with E-state index in [4.69, 9.17) is 4.74 Å². The number of hydrogen-bond donors (Lipinski definition) is 1. The molecule has 1 N–H and O–H groups in total. The third-order valence-electron chi connectivity index (χ3n) is 3.64. The maximum atomic E-state index is 5.86. The Morgan fingerprint density at radius 3 is 1.94 bits per heavy atom. The molecule has 96 valence electrons. The fraction of sp³-hybridized carbons (Fsp3) is 1.00. The summed E-state index contributed by atoms with van der Waals surface area (Å²) in [6, 6.07) is 1.34. The van der Waals surface area contributed by atoms with Crippen LogP contribution >= 0.6 is 0 Å². The Kier molecular flexibility index (Phi) is 5.77. The lowest BCUT2D eigenvalue weighted by molar-refractivity contribution is -0.0169. The summed E-state index contributed by atoms with van der Waals surface area (Å²) in [4.78, 5) is 0. The Hall–Kier alpha value is -0.0800. The monoisotopic (exact) mass is 227 g/mol. The first-order valence-electron chi connectivity index (χ1n) is 6.90. The molecule has 1 unspecified atom stereocenters. The van der Waals surface area contributed by atoms with Crippen molar-refractivity contribution in [3.63, 3.8) is 0 Å². The number of rotatable bonds is 5. The van der Waals surface area contributed by atoms with E-state index in [-0.39, 0.29) is 0 Å². The van der Waals surface area contributed by atoms with E-state index in [1.807, 2.05) is 0 Å². The summed E-state index contributed by atoms with van der Waals surface area (Å²) in [7, 11) is 0. The van der Waals surface area contributed by atoms with Gasteiger partial charge in [-0.15, -0.1) is 0 Å². The van der Waals surface area contributed by atoms with Crippen molar-refractivity contribution in [1.29, 1.82) is 0 Å². The third-order valence-corrected chi connectivity index (χ3v) is 3.64. The highest BCUT2D eigenvalue weighted by Gasteiger charge is 2.23. The number of nitrogens with one attached hydrogen (secondary N) is 1. The fourth-order valence-corrected chi connectivity index (χ4v) is 2.31. The minimum absolute atomic E-state index is 0.379. The van der Waals surface area contributed by atoms with Crippen LogP contribution < -0.4 is 5.32 Å². The standard InChI is InChI=1S/C14H29NO/c1-10(2)12(5)15-13-6-8-14(9-7-13)16-11(3)4/h10-15H,6-9H2,1-5H3. The van der Waals surface area contributed by atoms with E-state index in [1.165, 1.54) is 25.7 Å². The quantitative estimate of drug-likeness (QED) is 0.777. The molecule has 1 saturated carbocycles. The van der Waals surface area contributed by atoms with Gasteiger partial charge < -0.3 is 10.1 Å². The van der Waals surface area contributed by atoms with E-state index in [0.717, 1.165) is 5.92 Å². The Labute approximate surface area is 101 Å². The second-order valence-electron chi connectivity index (χ2n) is 5.86. The van der Waals surface area contributed by atoms with Gasteiger partial charge in [0.05, 0.1) is 12.2 Å². The lowest BCUT2D eigenvalue weighted by Crippen LogP contribution is -2.42. The van der Waals surface area contributed by atoms with Crippen LogP contribution in [0.1, 0.15) is 60.3 Å². The highest BCUT2D eigenvalue weighted by Crippen LogP contribution is 2.23. The molecule has 1 rings (SSSR count). The first-order chi connectivity index (χ1) is 7.49. The Bertz CT molecular complexity index is 183. The van der Waals surface area contributed by atoms with Crippen LogP contribution in [0.15, 0.2) is 0 Å². The average molecular weight is 227 g/mol. The fourth-order valence-electron chi connectivity index (χ4n) is 2.31. The SMILES string of the molecule is CC(C)OC1CCC(NC(C)C(C)C)CC1. The van der Waals surface area contributed by atoms with E-state index in [1.54, 1.807) is 0 Å². The van der Waals surface area contributed by atoms with E-state index >= 15 is 0 Å². The minimum Gasteiger partial charge on any atom is -0.376 e. The second kappa shape index (κ2) is 6.61. The lowest BCUT2D eigenvalue weighted by Gasteiger charge is -2.33. The molecule has 0 bridgehead atoms. The summed E-state index contributed by atoms with van der Waals surface area (Å²) < 4.78 is 5.86. The van der Waals surface area contributed by atoms with Gasteiger partial charge in [-0.25, -0.2) is 0 Å². The molecule has 1 atom stereocenters. The van der Waals surface area contributed by atoms with Crippen LogP contribution in [0.4, 0.5) is 0 Å². The second-order valence-corrected chi connectivity index (χ2v) is 5.86. The average Bonchev–Trinajstić information content (AvgIpc) is 2.20. The lowest BCUT2D eigenvalue weighted by atomic mass is 9.91. The van der Waals surface area contributed by atoms with Crippen molar-refractivity contribution in [1.82, 2.24) is 5.32 Å². The van der Waals surface area contributed by atoms with Gasteiger partial charge in [0, 0.05) is 12.1 Å². The molecule has 0 aromatic heterocycles. The molecule has 0 saturated heterocycles. The molecule has 0 heterocycles. The van der Waals surface area contributed by atoms with E-state index in [0.29, 0.717) is 24.3 Å². The Morgan fingerprint density at radius 2 is 1.50 bits per heavy atom. The van der Waals surface area contributed by atoms with Crippen molar-refractivity contribution in [3.8, 4) is 0 Å². The van der Waals surface area contributed by atoms with Crippen molar-refractivity contribution in [3.05, 3.63) is 0 Å². The van der Waals surface area contributed by atoms with Crippen LogP contribution in [0.25, 0.3) is 0 Å². The normalized spacial score (nSPS) is 28.7. The minimum atomic E-state index is 0.379. The van der Waals surface area contributed by atoms with Gasteiger partial charge in [0.15, 0.2) is 0 Å². The topological polar surface area (TPSA) is 21.3 Å². The van der Waals surface area contributed by atoms with Gasteiger partial charge in [0.25, 0.3) is 0 Å². The Morgan fingerprint density at radius 1 is 0.938 bits per heavy atom. The predicted octanol–water partition coefficient (Wildman–Crippen LogP) is 3.36. The molecule has 1 fully saturated rings. The number of hydrogen-bond acceptors (Lipinski definition) is 2. The van der Waals surface area contributed by atoms with Crippen molar-refractivity contribution in [2.24, 2.45) is 5.92 Å². The predicted molar refractivity (Wildman–Crippen MR) is 69.7 cm³/mol. The van der Waals surface area contributed by atoms with Crippen molar-refractivity contribution < 1.29 is 4.74 Å². The molecule has 2 heteroatoms. The third kappa shape index (κ3) is 4.84. The molecular formula is C14H29NO. The van der Waals surface area contributed by atoms with Crippen molar-refractivity contribution in [2.45, 2.75) is 84.6 Å². The highest BCUT2D eigenvalue weighted by atomic mass is 16.5. The van der Waals surface area contributed by atoms with Crippen LogP contribution in [0.2, 0.25) is 0 Å².